The summed E-state index contributed by atoms with van der Waals surface area (Å²) in [6.45, 7) is 1.99. The molecule has 3 aromatic rings. The molecule has 0 radical (unpaired) electrons. The molecule has 3 N–H and O–H groups in total. The van der Waals surface area contributed by atoms with E-state index in [1.807, 2.05) is 0 Å². The fourth-order valence-corrected chi connectivity index (χ4v) is 6.77. The molecule has 46 heavy (non-hydrogen) atoms. The predicted octanol–water partition coefficient (Wildman–Crippen LogP) is 6.86. The predicted molar refractivity (Wildman–Crippen MR) is 164 cm³/mol. The van der Waals surface area contributed by atoms with Gasteiger partial charge in [0.15, 0.2) is 0 Å². The molecular formula is C32H29Cl2F4N3O5. The highest BCUT2D eigenvalue weighted by atomic mass is 35.5. The van der Waals surface area contributed by atoms with Crippen LogP contribution in [0.1, 0.15) is 47.7 Å². The van der Waals surface area contributed by atoms with Crippen LogP contribution in [0.25, 0.3) is 0 Å². The van der Waals surface area contributed by atoms with E-state index < -0.39 is 65.0 Å². The smallest absolute Gasteiger partial charge is 0.394 e. The van der Waals surface area contributed by atoms with Crippen LogP contribution in [0.2, 0.25) is 10.0 Å². The number of fused-ring (bicyclic) bond motifs is 2. The second-order valence-corrected chi connectivity index (χ2v) is 12.7. The van der Waals surface area contributed by atoms with Gasteiger partial charge in [-0.3, -0.25) is 9.59 Å². The van der Waals surface area contributed by atoms with Crippen molar-refractivity contribution in [1.82, 2.24) is 5.32 Å². The second-order valence-electron chi connectivity index (χ2n) is 11.8. The van der Waals surface area contributed by atoms with Crippen molar-refractivity contribution in [3.8, 4) is 5.75 Å². The van der Waals surface area contributed by atoms with E-state index in [9.17, 15) is 27.6 Å². The van der Waals surface area contributed by atoms with E-state index in [2.05, 4.69) is 16.0 Å². The zero-order valence-corrected chi connectivity index (χ0v) is 26.5. The molecule has 2 aliphatic heterocycles. The lowest BCUT2D eigenvalue weighted by molar-refractivity contribution is -0.216. The monoisotopic (exact) mass is 681 g/mol. The molecule has 0 bridgehead atoms. The minimum atomic E-state index is -4.69. The van der Waals surface area contributed by atoms with Crippen molar-refractivity contribution in [2.24, 2.45) is 5.41 Å². The Morgan fingerprint density at radius 2 is 1.76 bits per heavy atom. The highest BCUT2D eigenvalue weighted by Gasteiger charge is 2.67. The molecule has 1 fully saturated rings. The number of hydrogen-bond donors (Lipinski definition) is 3. The lowest BCUT2D eigenvalue weighted by Gasteiger charge is -2.39. The molecule has 14 heteroatoms. The maximum Gasteiger partial charge on any atom is 0.394 e. The minimum absolute atomic E-state index is 0.0720. The topological polar surface area (TPSA) is 106 Å². The summed E-state index contributed by atoms with van der Waals surface area (Å²) < 4.78 is 69.1. The van der Waals surface area contributed by atoms with E-state index in [1.165, 1.54) is 68.8 Å². The molecule has 8 nitrogen and oxygen atoms in total. The number of alkyl halides is 3. The van der Waals surface area contributed by atoms with Gasteiger partial charge in [0, 0.05) is 22.7 Å². The number of nitrogens with one attached hydrogen (secondary N) is 3. The number of esters is 1. The van der Waals surface area contributed by atoms with Crippen molar-refractivity contribution in [2.45, 2.75) is 49.9 Å². The summed E-state index contributed by atoms with van der Waals surface area (Å²) in [5.74, 6) is -4.46. The van der Waals surface area contributed by atoms with Crippen LogP contribution < -0.4 is 20.7 Å². The average Bonchev–Trinajstić information content (AvgIpc) is 3.47. The molecule has 0 saturated carbocycles. The number of ether oxygens (including phenoxy) is 2. The van der Waals surface area contributed by atoms with Gasteiger partial charge in [0.05, 0.1) is 41.9 Å². The van der Waals surface area contributed by atoms with Crippen LogP contribution in [-0.4, -0.2) is 50.3 Å². The SMILES string of the molecule is COC(=O)c1ccc(NC(=O)[C@@H]2N[C@@H](CC(C)(C)C(F)(F)F)[C@@]3(C(=O)Nc4cc(Cl)ccc43)[C@H]2c2cccc(Cl)c2F)c(OC)c1. The van der Waals surface area contributed by atoms with Crippen molar-refractivity contribution >= 4 is 52.4 Å². The Morgan fingerprint density at radius 3 is 2.41 bits per heavy atom. The molecule has 2 amide bonds. The van der Waals surface area contributed by atoms with Crippen molar-refractivity contribution < 1.29 is 41.4 Å². The third kappa shape index (κ3) is 5.46. The Balaban J connectivity index is 1.71. The summed E-state index contributed by atoms with van der Waals surface area (Å²) in [6, 6.07) is 9.75. The Kier molecular flexibility index (Phi) is 8.78. The third-order valence-corrected chi connectivity index (χ3v) is 9.29. The lowest BCUT2D eigenvalue weighted by Crippen LogP contribution is -2.51. The van der Waals surface area contributed by atoms with Crippen LogP contribution in [-0.2, 0) is 19.7 Å². The minimum Gasteiger partial charge on any atom is -0.495 e. The highest BCUT2D eigenvalue weighted by Crippen LogP contribution is 2.58. The van der Waals surface area contributed by atoms with E-state index in [-0.39, 0.29) is 43.9 Å². The van der Waals surface area contributed by atoms with Crippen molar-refractivity contribution in [3.63, 3.8) is 0 Å². The maximum atomic E-state index is 16.0. The van der Waals surface area contributed by atoms with Gasteiger partial charge < -0.3 is 25.4 Å². The molecule has 2 heterocycles. The summed E-state index contributed by atoms with van der Waals surface area (Å²) >= 11 is 12.4. The van der Waals surface area contributed by atoms with Gasteiger partial charge in [-0.2, -0.15) is 13.2 Å². The molecule has 2 aliphatic rings. The molecule has 4 atom stereocenters. The van der Waals surface area contributed by atoms with Crippen LogP contribution in [0.3, 0.4) is 0 Å². The molecule has 1 spiro atoms. The van der Waals surface area contributed by atoms with E-state index in [0.717, 1.165) is 13.8 Å². The molecule has 5 rings (SSSR count). The third-order valence-electron chi connectivity index (χ3n) is 8.77. The first-order valence-corrected chi connectivity index (χ1v) is 14.8. The summed E-state index contributed by atoms with van der Waals surface area (Å²) in [4.78, 5) is 40.5. The quantitative estimate of drug-likeness (QED) is 0.186. The molecule has 244 valence electrons. The van der Waals surface area contributed by atoms with Crippen LogP contribution in [0.4, 0.5) is 28.9 Å². The molecule has 0 aliphatic carbocycles. The average molecular weight is 682 g/mol. The zero-order valence-electron chi connectivity index (χ0n) is 24.9. The van der Waals surface area contributed by atoms with Crippen molar-refractivity contribution in [2.75, 3.05) is 24.9 Å². The number of carbonyl (C=O) groups excluding carboxylic acids is 3. The molecule has 0 unspecified atom stereocenters. The fraction of sp³-hybridized carbons (Fsp3) is 0.344. The Labute approximate surface area is 271 Å². The molecule has 1 saturated heterocycles. The van der Waals surface area contributed by atoms with Gasteiger partial charge >= 0.3 is 12.1 Å². The maximum absolute atomic E-state index is 16.0. The number of carbonyl (C=O) groups is 3. The molecule has 0 aromatic heterocycles. The van der Waals surface area contributed by atoms with Crippen molar-refractivity contribution in [3.05, 3.63) is 87.2 Å². The molecular weight excluding hydrogens is 653 g/mol. The van der Waals surface area contributed by atoms with Crippen LogP contribution in [0.15, 0.2) is 54.6 Å². The number of methoxy groups -OCH3 is 2. The number of benzene rings is 3. The normalized spacial score (nSPS) is 22.4. The number of amides is 2. The Hall–Kier alpha value is -3.87. The summed E-state index contributed by atoms with van der Waals surface area (Å²) in [5.41, 5.74) is -3.72. The molecule has 3 aromatic carbocycles. The van der Waals surface area contributed by atoms with Gasteiger partial charge in [-0.05, 0) is 53.9 Å². The van der Waals surface area contributed by atoms with Crippen LogP contribution in [0.5, 0.6) is 5.75 Å². The Morgan fingerprint density at radius 1 is 1.04 bits per heavy atom. The van der Waals surface area contributed by atoms with E-state index >= 15 is 4.39 Å². The Bertz CT molecular complexity index is 1730. The van der Waals surface area contributed by atoms with Crippen LogP contribution in [0, 0.1) is 11.2 Å². The second kappa shape index (κ2) is 12.1. The number of anilines is 2. The van der Waals surface area contributed by atoms with Gasteiger partial charge in [-0.1, -0.05) is 55.2 Å². The van der Waals surface area contributed by atoms with Gasteiger partial charge in [0.2, 0.25) is 11.8 Å². The van der Waals surface area contributed by atoms with E-state index in [4.69, 9.17) is 32.7 Å². The van der Waals surface area contributed by atoms with Gasteiger partial charge in [-0.15, -0.1) is 0 Å². The fourth-order valence-electron chi connectivity index (χ4n) is 6.42. The zero-order chi connectivity index (χ0) is 33.8. The summed E-state index contributed by atoms with van der Waals surface area (Å²) in [7, 11) is 2.50. The first-order chi connectivity index (χ1) is 21.6. The number of halogens is 6. The number of hydrogen-bond acceptors (Lipinski definition) is 6. The summed E-state index contributed by atoms with van der Waals surface area (Å²) in [6.07, 6.45) is -5.36. The van der Waals surface area contributed by atoms with Crippen molar-refractivity contribution in [1.29, 1.82) is 0 Å². The van der Waals surface area contributed by atoms with Gasteiger partial charge in [0.1, 0.15) is 17.0 Å². The summed E-state index contributed by atoms with van der Waals surface area (Å²) in [5, 5.41) is 8.33. The standard InChI is InChI=1S/C32H29Cl2F4N3O5/c1-30(2,32(36,37)38)14-23-31(18-10-9-16(33)13-21(18)40-29(31)44)24(17-6-5-7-19(34)25(17)35)26(41-23)27(42)39-20-11-8-15(28(43)46-4)12-22(20)45-3/h5-13,23-24,26,41H,14H2,1-4H3,(H,39,42)(H,40,44)/t23-,24-,26+,31+/m0/s1. The largest absolute Gasteiger partial charge is 0.495 e. The highest BCUT2D eigenvalue weighted by molar-refractivity contribution is 6.31. The van der Waals surface area contributed by atoms with E-state index in [1.54, 1.807) is 0 Å². The van der Waals surface area contributed by atoms with Gasteiger partial charge in [0.25, 0.3) is 0 Å². The lowest BCUT2D eigenvalue weighted by atomic mass is 9.62. The number of rotatable bonds is 7. The van der Waals surface area contributed by atoms with E-state index in [0.29, 0.717) is 0 Å². The van der Waals surface area contributed by atoms with Gasteiger partial charge in [-0.25, -0.2) is 9.18 Å². The first kappa shape index (κ1) is 33.5. The van der Waals surface area contributed by atoms with Crippen LogP contribution >= 0.6 is 23.2 Å². The first-order valence-electron chi connectivity index (χ1n) is 14.0.